The second-order valence-corrected chi connectivity index (χ2v) is 6.83. The third-order valence-corrected chi connectivity index (χ3v) is 5.03. The van der Waals surface area contributed by atoms with Crippen molar-refractivity contribution in [2.45, 2.75) is 26.7 Å². The Balaban J connectivity index is 1.57. The first-order valence-corrected chi connectivity index (χ1v) is 8.87. The third-order valence-electron chi connectivity index (χ3n) is 5.03. The Morgan fingerprint density at radius 3 is 2.38 bits per heavy atom. The summed E-state index contributed by atoms with van der Waals surface area (Å²) in [6.45, 7) is 4.96. The summed E-state index contributed by atoms with van der Waals surface area (Å²) in [6.07, 6.45) is 1.16. The van der Waals surface area contributed by atoms with Crippen molar-refractivity contribution >= 4 is 17.5 Å². The molecule has 1 aliphatic rings. The van der Waals surface area contributed by atoms with Crippen molar-refractivity contribution in [2.75, 3.05) is 18.4 Å². The molecular weight excluding hydrogens is 331 g/mol. The Morgan fingerprint density at radius 1 is 1.04 bits per heavy atom. The van der Waals surface area contributed by atoms with Gasteiger partial charge in [0.25, 0.3) is 5.91 Å². The van der Waals surface area contributed by atoms with Crippen LogP contribution in [0.1, 0.15) is 34.3 Å². The van der Waals surface area contributed by atoms with Crippen LogP contribution in [0, 0.1) is 25.6 Å². The van der Waals surface area contributed by atoms with Gasteiger partial charge in [-0.2, -0.15) is 0 Å². The molecule has 0 unspecified atom stereocenters. The summed E-state index contributed by atoms with van der Waals surface area (Å²) in [5, 5.41) is 2.96. The lowest BCUT2D eigenvalue weighted by atomic mass is 9.95. The van der Waals surface area contributed by atoms with Gasteiger partial charge in [-0.05, 0) is 62.1 Å². The molecule has 0 bridgehead atoms. The van der Waals surface area contributed by atoms with Gasteiger partial charge in [-0.1, -0.05) is 18.2 Å². The van der Waals surface area contributed by atoms with Gasteiger partial charge in [0.2, 0.25) is 5.91 Å². The molecule has 0 aromatic heterocycles. The maximum absolute atomic E-state index is 13.8. The average molecular weight is 354 g/mol. The van der Waals surface area contributed by atoms with Crippen molar-refractivity contribution in [3.63, 3.8) is 0 Å². The molecule has 1 fully saturated rings. The molecule has 2 aromatic rings. The number of aryl methyl sites for hydroxylation is 2. The molecule has 0 saturated carbocycles. The topological polar surface area (TPSA) is 49.4 Å². The third kappa shape index (κ3) is 3.93. The fourth-order valence-corrected chi connectivity index (χ4v) is 3.21. The molecule has 4 nitrogen and oxygen atoms in total. The maximum Gasteiger partial charge on any atom is 0.256 e. The van der Waals surface area contributed by atoms with E-state index in [4.69, 9.17) is 0 Å². The summed E-state index contributed by atoms with van der Waals surface area (Å²) in [5.41, 5.74) is 3.20. The van der Waals surface area contributed by atoms with Crippen LogP contribution >= 0.6 is 0 Å². The number of hydrogen-bond acceptors (Lipinski definition) is 2. The zero-order chi connectivity index (χ0) is 18.7. The minimum absolute atomic E-state index is 0.0220. The van der Waals surface area contributed by atoms with Crippen LogP contribution in [0.25, 0.3) is 0 Å². The second-order valence-electron chi connectivity index (χ2n) is 6.83. The van der Waals surface area contributed by atoms with Gasteiger partial charge in [0, 0.05) is 24.7 Å². The standard InChI is InChI=1S/C21H23FN2O2/c1-14-7-8-17(13-15(14)2)23-20(25)16-9-11-24(12-10-16)21(26)18-5-3-4-6-19(18)22/h3-8,13,16H,9-12H2,1-2H3,(H,23,25). The van der Waals surface area contributed by atoms with Gasteiger partial charge in [-0.15, -0.1) is 0 Å². The lowest BCUT2D eigenvalue weighted by Crippen LogP contribution is -2.41. The average Bonchev–Trinajstić information content (AvgIpc) is 2.65. The van der Waals surface area contributed by atoms with E-state index in [-0.39, 0.29) is 23.3 Å². The van der Waals surface area contributed by atoms with Crippen LogP contribution in [-0.4, -0.2) is 29.8 Å². The van der Waals surface area contributed by atoms with Crippen molar-refractivity contribution in [1.29, 1.82) is 0 Å². The van der Waals surface area contributed by atoms with E-state index in [1.54, 1.807) is 17.0 Å². The van der Waals surface area contributed by atoms with Gasteiger partial charge in [-0.3, -0.25) is 9.59 Å². The molecule has 1 saturated heterocycles. The number of amides is 2. The molecule has 2 amide bonds. The van der Waals surface area contributed by atoms with Gasteiger partial charge in [0.1, 0.15) is 5.82 Å². The minimum Gasteiger partial charge on any atom is -0.339 e. The molecule has 0 aliphatic carbocycles. The first-order chi connectivity index (χ1) is 12.5. The Kier molecular flexibility index (Phi) is 5.35. The predicted octanol–water partition coefficient (Wildman–Crippen LogP) is 3.93. The van der Waals surface area contributed by atoms with Gasteiger partial charge < -0.3 is 10.2 Å². The highest BCUT2D eigenvalue weighted by molar-refractivity contribution is 5.95. The van der Waals surface area contributed by atoms with Crippen LogP contribution in [0.15, 0.2) is 42.5 Å². The Hall–Kier alpha value is -2.69. The van der Waals surface area contributed by atoms with E-state index in [0.29, 0.717) is 25.9 Å². The fourth-order valence-electron chi connectivity index (χ4n) is 3.21. The highest BCUT2D eigenvalue weighted by Crippen LogP contribution is 2.22. The van der Waals surface area contributed by atoms with Crippen molar-refractivity contribution in [1.82, 2.24) is 4.90 Å². The summed E-state index contributed by atoms with van der Waals surface area (Å²) in [4.78, 5) is 26.6. The number of piperidine rings is 1. The summed E-state index contributed by atoms with van der Waals surface area (Å²) >= 11 is 0. The number of likely N-dealkylation sites (tertiary alicyclic amines) is 1. The van der Waals surface area contributed by atoms with Crippen LogP contribution in [0.3, 0.4) is 0 Å². The first kappa shape index (κ1) is 18.1. The number of halogens is 1. The van der Waals surface area contributed by atoms with Crippen molar-refractivity contribution in [2.24, 2.45) is 5.92 Å². The van der Waals surface area contributed by atoms with Gasteiger partial charge in [0.05, 0.1) is 5.56 Å². The van der Waals surface area contributed by atoms with E-state index >= 15 is 0 Å². The number of nitrogens with one attached hydrogen (secondary N) is 1. The van der Waals surface area contributed by atoms with Crippen LogP contribution in [0.5, 0.6) is 0 Å². The van der Waals surface area contributed by atoms with Gasteiger partial charge in [0.15, 0.2) is 0 Å². The largest absolute Gasteiger partial charge is 0.339 e. The van der Waals surface area contributed by atoms with E-state index in [9.17, 15) is 14.0 Å². The Bertz CT molecular complexity index is 827. The molecule has 1 N–H and O–H groups in total. The van der Waals surface area contributed by atoms with Crippen LogP contribution < -0.4 is 5.32 Å². The summed E-state index contributed by atoms with van der Waals surface area (Å²) in [7, 11) is 0. The smallest absolute Gasteiger partial charge is 0.256 e. The molecule has 3 rings (SSSR count). The zero-order valence-electron chi connectivity index (χ0n) is 15.1. The van der Waals surface area contributed by atoms with Gasteiger partial charge in [-0.25, -0.2) is 4.39 Å². The summed E-state index contributed by atoms with van der Waals surface area (Å²) < 4.78 is 13.8. The van der Waals surface area contributed by atoms with E-state index in [0.717, 1.165) is 11.3 Å². The number of rotatable bonds is 3. The second kappa shape index (κ2) is 7.68. The molecule has 1 heterocycles. The number of hydrogen-bond donors (Lipinski definition) is 1. The summed E-state index contributed by atoms with van der Waals surface area (Å²) in [6, 6.07) is 11.9. The van der Waals surface area contributed by atoms with E-state index in [1.807, 2.05) is 32.0 Å². The highest BCUT2D eigenvalue weighted by atomic mass is 19.1. The van der Waals surface area contributed by atoms with Crippen molar-refractivity contribution in [3.8, 4) is 0 Å². The molecule has 136 valence electrons. The molecule has 0 radical (unpaired) electrons. The molecule has 0 atom stereocenters. The quantitative estimate of drug-likeness (QED) is 0.908. The molecule has 0 spiro atoms. The Morgan fingerprint density at radius 2 is 1.73 bits per heavy atom. The van der Waals surface area contributed by atoms with Crippen molar-refractivity contribution in [3.05, 3.63) is 65.0 Å². The molecule has 2 aromatic carbocycles. The number of carbonyl (C=O) groups excluding carboxylic acids is 2. The van der Waals surface area contributed by atoms with E-state index < -0.39 is 5.82 Å². The highest BCUT2D eigenvalue weighted by Gasteiger charge is 2.28. The Labute approximate surface area is 153 Å². The molecule has 26 heavy (non-hydrogen) atoms. The zero-order valence-corrected chi connectivity index (χ0v) is 15.1. The lowest BCUT2D eigenvalue weighted by Gasteiger charge is -2.31. The van der Waals surface area contributed by atoms with E-state index in [1.165, 1.54) is 17.7 Å². The van der Waals surface area contributed by atoms with Crippen molar-refractivity contribution < 1.29 is 14.0 Å². The molecular formula is C21H23FN2O2. The van der Waals surface area contributed by atoms with E-state index in [2.05, 4.69) is 5.32 Å². The lowest BCUT2D eigenvalue weighted by molar-refractivity contribution is -0.121. The number of anilines is 1. The predicted molar refractivity (Wildman–Crippen MR) is 99.6 cm³/mol. The molecule has 5 heteroatoms. The number of nitrogens with zero attached hydrogens (tertiary/aromatic N) is 1. The fraction of sp³-hybridized carbons (Fsp3) is 0.333. The van der Waals surface area contributed by atoms with Gasteiger partial charge >= 0.3 is 0 Å². The molecule has 1 aliphatic heterocycles. The summed E-state index contributed by atoms with van der Waals surface area (Å²) in [5.74, 6) is -0.976. The van der Waals surface area contributed by atoms with Crippen LogP contribution in [0.4, 0.5) is 10.1 Å². The first-order valence-electron chi connectivity index (χ1n) is 8.87. The SMILES string of the molecule is Cc1ccc(NC(=O)C2CCN(C(=O)c3ccccc3F)CC2)cc1C. The monoisotopic (exact) mass is 354 g/mol. The van der Waals surface area contributed by atoms with Crippen LogP contribution in [0.2, 0.25) is 0 Å². The number of carbonyl (C=O) groups is 2. The normalized spacial score (nSPS) is 15.0. The van der Waals surface area contributed by atoms with Crippen LogP contribution in [-0.2, 0) is 4.79 Å². The minimum atomic E-state index is -0.507. The number of benzene rings is 2. The maximum atomic E-state index is 13.8.